The Kier molecular flexibility index (Phi) is 5.40. The van der Waals surface area contributed by atoms with Crippen LogP contribution in [0.5, 0.6) is 0 Å². The van der Waals surface area contributed by atoms with E-state index >= 15 is 0 Å². The zero-order valence-electron chi connectivity index (χ0n) is 29.0. The Labute approximate surface area is 292 Å². The Hall–Kier alpha value is -5.60. The molecule has 0 bridgehead atoms. The molecule has 240 valence electrons. The number of benzene rings is 6. The van der Waals surface area contributed by atoms with E-state index in [0.29, 0.717) is 0 Å². The van der Waals surface area contributed by atoms with Gasteiger partial charge in [-0.05, 0) is 87.2 Å². The molecule has 0 atom stereocenters. The van der Waals surface area contributed by atoms with Gasteiger partial charge in [0.2, 0.25) is 0 Å². The van der Waals surface area contributed by atoms with Crippen molar-refractivity contribution in [2.75, 3.05) is 0 Å². The summed E-state index contributed by atoms with van der Waals surface area (Å²) in [5.74, 6) is 0. The first-order valence-corrected chi connectivity index (χ1v) is 18.1. The van der Waals surface area contributed by atoms with E-state index in [0.717, 1.165) is 12.8 Å². The summed E-state index contributed by atoms with van der Waals surface area (Å²) in [7, 11) is 0. The second kappa shape index (κ2) is 9.55. The molecule has 0 fully saturated rings. The number of allylic oxidation sites excluding steroid dienone is 1. The fourth-order valence-electron chi connectivity index (χ4n) is 9.84. The Morgan fingerprint density at radius 2 is 1.06 bits per heavy atom. The molecular formula is C48H38N2. The minimum Gasteiger partial charge on any atom is -0.309 e. The SMILES string of the molecule is CC1(C)c2cc3c(cc2-n2c4c(c5cccc1c52)CCC(c1ccccc1)=C4)C(C)(C)c1cccc2c4ccc(-c5ccccc5)cc4n-3c12. The van der Waals surface area contributed by atoms with Gasteiger partial charge in [0.05, 0.1) is 33.6 Å². The summed E-state index contributed by atoms with van der Waals surface area (Å²) in [6, 6.07) is 47.9. The van der Waals surface area contributed by atoms with Gasteiger partial charge in [-0.2, -0.15) is 0 Å². The molecular weight excluding hydrogens is 605 g/mol. The minimum atomic E-state index is -0.186. The molecule has 4 heterocycles. The van der Waals surface area contributed by atoms with Crippen molar-refractivity contribution in [2.24, 2.45) is 0 Å². The monoisotopic (exact) mass is 642 g/mol. The van der Waals surface area contributed by atoms with Gasteiger partial charge < -0.3 is 9.13 Å². The molecule has 6 aromatic carbocycles. The molecule has 0 saturated carbocycles. The standard InChI is InChI=1S/C48H38N2/c1-47(2)37-19-11-17-35-33-23-21-31(29-13-7-5-8-14-29)25-41(33)49(45(35)37)43-28-40-44(27-39(43)47)50-42-26-32(30-15-9-6-10-16-30)22-24-34(42)36-18-12-20-38(46(36)50)48(40,3)4/h5-21,23,25-28H,22,24H2,1-4H3. The number of aromatic nitrogens is 2. The highest BCUT2D eigenvalue weighted by molar-refractivity contribution is 6.12. The predicted molar refractivity (Wildman–Crippen MR) is 210 cm³/mol. The van der Waals surface area contributed by atoms with Crippen molar-refractivity contribution in [1.29, 1.82) is 0 Å². The van der Waals surface area contributed by atoms with Crippen LogP contribution in [-0.2, 0) is 17.3 Å². The fraction of sp³-hybridized carbons (Fsp3) is 0.167. The van der Waals surface area contributed by atoms with Crippen molar-refractivity contribution < 1.29 is 0 Å². The highest BCUT2D eigenvalue weighted by atomic mass is 15.0. The number of para-hydroxylation sites is 2. The lowest BCUT2D eigenvalue weighted by molar-refractivity contribution is 0.609. The molecule has 0 radical (unpaired) electrons. The third-order valence-electron chi connectivity index (χ3n) is 12.4. The summed E-state index contributed by atoms with van der Waals surface area (Å²) in [5, 5.41) is 4.05. The summed E-state index contributed by atoms with van der Waals surface area (Å²) >= 11 is 0. The van der Waals surface area contributed by atoms with Gasteiger partial charge in [-0.3, -0.25) is 0 Å². The molecule has 50 heavy (non-hydrogen) atoms. The molecule has 0 amide bonds. The lowest BCUT2D eigenvalue weighted by atomic mass is 9.70. The molecule has 0 unspecified atom stereocenters. The summed E-state index contributed by atoms with van der Waals surface area (Å²) in [4.78, 5) is 0. The number of hydrogen-bond acceptors (Lipinski definition) is 0. The predicted octanol–water partition coefficient (Wildman–Crippen LogP) is 12.2. The topological polar surface area (TPSA) is 9.86 Å². The zero-order chi connectivity index (χ0) is 33.5. The van der Waals surface area contributed by atoms with E-state index < -0.39 is 0 Å². The van der Waals surface area contributed by atoms with Crippen LogP contribution in [0.1, 0.15) is 73.2 Å². The number of hydrogen-bond donors (Lipinski definition) is 0. The van der Waals surface area contributed by atoms with Crippen molar-refractivity contribution in [3.8, 4) is 22.5 Å². The van der Waals surface area contributed by atoms with Gasteiger partial charge in [-0.15, -0.1) is 0 Å². The van der Waals surface area contributed by atoms with E-state index in [1.807, 2.05) is 0 Å². The van der Waals surface area contributed by atoms with Crippen molar-refractivity contribution >= 4 is 44.4 Å². The first kappa shape index (κ1) is 28.3. The normalized spacial score (nSPS) is 16.3. The number of rotatable bonds is 2. The van der Waals surface area contributed by atoms with Crippen LogP contribution in [0.2, 0.25) is 0 Å². The molecule has 1 aliphatic carbocycles. The van der Waals surface area contributed by atoms with E-state index in [9.17, 15) is 0 Å². The van der Waals surface area contributed by atoms with Crippen LogP contribution in [-0.4, -0.2) is 9.13 Å². The molecule has 8 aromatic rings. The second-order valence-corrected chi connectivity index (χ2v) is 15.7. The molecule has 0 spiro atoms. The third kappa shape index (κ3) is 3.49. The van der Waals surface area contributed by atoms with Crippen LogP contribution >= 0.6 is 0 Å². The largest absolute Gasteiger partial charge is 0.309 e. The summed E-state index contributed by atoms with van der Waals surface area (Å²) < 4.78 is 5.23. The zero-order valence-corrected chi connectivity index (χ0v) is 29.0. The van der Waals surface area contributed by atoms with Crippen molar-refractivity contribution in [3.63, 3.8) is 0 Å². The average Bonchev–Trinajstić information content (AvgIpc) is 3.66. The molecule has 3 aliphatic rings. The van der Waals surface area contributed by atoms with Crippen LogP contribution < -0.4 is 0 Å². The van der Waals surface area contributed by atoms with Gasteiger partial charge >= 0.3 is 0 Å². The molecule has 2 heteroatoms. The van der Waals surface area contributed by atoms with E-state index in [2.05, 4.69) is 170 Å². The molecule has 0 saturated heterocycles. The maximum absolute atomic E-state index is 2.64. The first-order valence-electron chi connectivity index (χ1n) is 18.1. The smallest absolute Gasteiger partial charge is 0.0582 e. The third-order valence-corrected chi connectivity index (χ3v) is 12.4. The fourth-order valence-corrected chi connectivity index (χ4v) is 9.84. The quantitative estimate of drug-likeness (QED) is 0.178. The van der Waals surface area contributed by atoms with E-state index in [1.54, 1.807) is 0 Å². The van der Waals surface area contributed by atoms with Crippen LogP contribution in [0.15, 0.2) is 127 Å². The number of aryl methyl sites for hydroxylation is 1. The molecule has 2 nitrogen and oxygen atoms in total. The molecule has 2 aromatic heterocycles. The second-order valence-electron chi connectivity index (χ2n) is 15.7. The van der Waals surface area contributed by atoms with Crippen LogP contribution in [0.25, 0.3) is 66.9 Å². The summed E-state index contributed by atoms with van der Waals surface area (Å²) in [6.07, 6.45) is 4.61. The van der Waals surface area contributed by atoms with Crippen molar-refractivity contribution in [3.05, 3.63) is 166 Å². The van der Waals surface area contributed by atoms with E-state index in [-0.39, 0.29) is 10.8 Å². The van der Waals surface area contributed by atoms with Crippen LogP contribution in [0.3, 0.4) is 0 Å². The van der Waals surface area contributed by atoms with E-state index in [4.69, 9.17) is 0 Å². The van der Waals surface area contributed by atoms with Gasteiger partial charge in [0.1, 0.15) is 0 Å². The van der Waals surface area contributed by atoms with Gasteiger partial charge in [-0.25, -0.2) is 0 Å². The Bertz CT molecular complexity index is 2780. The number of fused-ring (bicyclic) bond motifs is 10. The molecule has 2 aliphatic heterocycles. The summed E-state index contributed by atoms with van der Waals surface area (Å²) in [5.41, 5.74) is 19.9. The first-order chi connectivity index (χ1) is 24.3. The summed E-state index contributed by atoms with van der Waals surface area (Å²) in [6.45, 7) is 9.73. The lowest BCUT2D eigenvalue weighted by Gasteiger charge is -2.40. The Morgan fingerprint density at radius 3 is 1.74 bits per heavy atom. The van der Waals surface area contributed by atoms with Crippen molar-refractivity contribution in [1.82, 2.24) is 9.13 Å². The minimum absolute atomic E-state index is 0.175. The molecule has 11 rings (SSSR count). The molecule has 0 N–H and O–H groups in total. The van der Waals surface area contributed by atoms with Crippen LogP contribution in [0.4, 0.5) is 0 Å². The average molecular weight is 643 g/mol. The Balaban J connectivity index is 1.24. The van der Waals surface area contributed by atoms with Crippen molar-refractivity contribution in [2.45, 2.75) is 51.4 Å². The van der Waals surface area contributed by atoms with Gasteiger partial charge in [0, 0.05) is 27.0 Å². The Morgan fingerprint density at radius 1 is 0.460 bits per heavy atom. The highest BCUT2D eigenvalue weighted by Gasteiger charge is 2.41. The maximum Gasteiger partial charge on any atom is 0.0582 e. The van der Waals surface area contributed by atoms with Gasteiger partial charge in [-0.1, -0.05) is 137 Å². The number of nitrogens with zero attached hydrogens (tertiary/aromatic N) is 2. The van der Waals surface area contributed by atoms with E-state index in [1.165, 1.54) is 99.9 Å². The van der Waals surface area contributed by atoms with Gasteiger partial charge in [0.15, 0.2) is 0 Å². The van der Waals surface area contributed by atoms with Crippen LogP contribution in [0, 0.1) is 0 Å². The maximum atomic E-state index is 2.64. The highest BCUT2D eigenvalue weighted by Crippen LogP contribution is 2.54. The van der Waals surface area contributed by atoms with Gasteiger partial charge in [0.25, 0.3) is 0 Å². The lowest BCUT2D eigenvalue weighted by Crippen LogP contribution is -2.31.